The van der Waals surface area contributed by atoms with Gasteiger partial charge < -0.3 is 0 Å². The zero-order valence-electron chi connectivity index (χ0n) is 8.54. The van der Waals surface area contributed by atoms with Crippen LogP contribution < -0.4 is 11.3 Å². The monoisotopic (exact) mass is 286 g/mol. The molecule has 0 aromatic heterocycles. The molecule has 3 nitrogen and oxygen atoms in total. The molecule has 1 saturated carbocycles. The molecule has 1 amide bonds. The standard InChI is InChI=1S/C11H12BrFN2O/c12-8-3-1-2-7(4-8)11(10(16)15-14)5-9(13)6-11/h1-4,9H,5-6,14H2,(H,15,16). The molecule has 0 radical (unpaired) electrons. The number of benzene rings is 1. The van der Waals surface area contributed by atoms with E-state index < -0.39 is 11.6 Å². The number of hydrazine groups is 1. The van der Waals surface area contributed by atoms with Crippen molar-refractivity contribution in [1.29, 1.82) is 0 Å². The summed E-state index contributed by atoms with van der Waals surface area (Å²) in [6, 6.07) is 7.35. The van der Waals surface area contributed by atoms with Crippen molar-refractivity contribution in [2.24, 2.45) is 5.84 Å². The molecular formula is C11H12BrFN2O. The van der Waals surface area contributed by atoms with Gasteiger partial charge >= 0.3 is 0 Å². The highest BCUT2D eigenvalue weighted by atomic mass is 79.9. The number of hydrogen-bond acceptors (Lipinski definition) is 2. The van der Waals surface area contributed by atoms with Gasteiger partial charge in [0.15, 0.2) is 0 Å². The molecule has 0 heterocycles. The maximum absolute atomic E-state index is 13.1. The van der Waals surface area contributed by atoms with Gasteiger partial charge in [-0.3, -0.25) is 10.2 Å². The van der Waals surface area contributed by atoms with Gasteiger partial charge in [-0.1, -0.05) is 28.1 Å². The van der Waals surface area contributed by atoms with Crippen LogP contribution in [-0.4, -0.2) is 12.1 Å². The largest absolute Gasteiger partial charge is 0.293 e. The number of nitrogens with two attached hydrogens (primary N) is 1. The van der Waals surface area contributed by atoms with Gasteiger partial charge in [0.05, 0.1) is 5.41 Å². The molecule has 1 aliphatic carbocycles. The molecule has 0 saturated heterocycles. The topological polar surface area (TPSA) is 55.1 Å². The summed E-state index contributed by atoms with van der Waals surface area (Å²) < 4.78 is 13.9. The van der Waals surface area contributed by atoms with Gasteiger partial charge in [0.25, 0.3) is 0 Å². The fraction of sp³-hybridized carbons (Fsp3) is 0.364. The lowest BCUT2D eigenvalue weighted by Gasteiger charge is -2.42. The molecular weight excluding hydrogens is 275 g/mol. The molecule has 86 valence electrons. The van der Waals surface area contributed by atoms with E-state index in [4.69, 9.17) is 5.84 Å². The molecule has 0 unspecified atom stereocenters. The summed E-state index contributed by atoms with van der Waals surface area (Å²) in [5.74, 6) is 4.83. The first-order valence-electron chi connectivity index (χ1n) is 4.99. The zero-order valence-corrected chi connectivity index (χ0v) is 10.1. The quantitative estimate of drug-likeness (QED) is 0.495. The molecule has 16 heavy (non-hydrogen) atoms. The maximum atomic E-state index is 13.1. The zero-order chi connectivity index (χ0) is 11.8. The Morgan fingerprint density at radius 3 is 2.75 bits per heavy atom. The number of nitrogens with one attached hydrogen (secondary N) is 1. The number of carbonyl (C=O) groups is 1. The minimum Gasteiger partial charge on any atom is -0.293 e. The molecule has 1 aromatic carbocycles. The molecule has 2 rings (SSSR count). The van der Waals surface area contributed by atoms with Crippen LogP contribution in [0.4, 0.5) is 4.39 Å². The summed E-state index contributed by atoms with van der Waals surface area (Å²) in [7, 11) is 0. The minimum atomic E-state index is -0.920. The van der Waals surface area contributed by atoms with Crippen LogP contribution in [0.3, 0.4) is 0 Å². The van der Waals surface area contributed by atoms with Gasteiger partial charge in [-0.25, -0.2) is 10.2 Å². The van der Waals surface area contributed by atoms with Crippen LogP contribution in [0.15, 0.2) is 28.7 Å². The van der Waals surface area contributed by atoms with Crippen molar-refractivity contribution in [2.45, 2.75) is 24.4 Å². The van der Waals surface area contributed by atoms with E-state index in [9.17, 15) is 9.18 Å². The summed E-state index contributed by atoms with van der Waals surface area (Å²) >= 11 is 3.34. The van der Waals surface area contributed by atoms with Gasteiger partial charge in [-0.2, -0.15) is 0 Å². The van der Waals surface area contributed by atoms with Crippen molar-refractivity contribution in [3.8, 4) is 0 Å². The smallest absolute Gasteiger partial charge is 0.244 e. The first kappa shape index (κ1) is 11.5. The molecule has 0 atom stereocenters. The highest BCUT2D eigenvalue weighted by Crippen LogP contribution is 2.46. The molecule has 1 aromatic rings. The average Bonchev–Trinajstić information content (AvgIpc) is 2.23. The Balaban J connectivity index is 2.37. The van der Waals surface area contributed by atoms with Crippen molar-refractivity contribution in [3.63, 3.8) is 0 Å². The van der Waals surface area contributed by atoms with Crippen molar-refractivity contribution in [2.75, 3.05) is 0 Å². The van der Waals surface area contributed by atoms with Crippen LogP contribution >= 0.6 is 15.9 Å². The normalized spacial score (nSPS) is 28.3. The number of rotatable bonds is 2. The minimum absolute atomic E-state index is 0.201. The number of alkyl halides is 1. The van der Waals surface area contributed by atoms with E-state index in [0.717, 1.165) is 10.0 Å². The van der Waals surface area contributed by atoms with Crippen LogP contribution in [0.2, 0.25) is 0 Å². The Morgan fingerprint density at radius 1 is 1.56 bits per heavy atom. The third-order valence-electron chi connectivity index (χ3n) is 3.08. The highest BCUT2D eigenvalue weighted by molar-refractivity contribution is 9.10. The second-order valence-electron chi connectivity index (χ2n) is 4.07. The van der Waals surface area contributed by atoms with Crippen molar-refractivity contribution >= 4 is 21.8 Å². The van der Waals surface area contributed by atoms with E-state index in [1.807, 2.05) is 24.3 Å². The van der Waals surface area contributed by atoms with Crippen LogP contribution in [-0.2, 0) is 10.2 Å². The molecule has 3 N–H and O–H groups in total. The molecule has 0 aliphatic heterocycles. The number of carbonyl (C=O) groups excluding carboxylic acids is 1. The van der Waals surface area contributed by atoms with E-state index >= 15 is 0 Å². The lowest BCUT2D eigenvalue weighted by Crippen LogP contribution is -2.55. The summed E-state index contributed by atoms with van der Waals surface area (Å²) in [5, 5.41) is 0. The Hall–Kier alpha value is -0.940. The van der Waals surface area contributed by atoms with Crippen LogP contribution in [0.25, 0.3) is 0 Å². The summed E-state index contributed by atoms with van der Waals surface area (Å²) in [6.45, 7) is 0. The molecule has 0 spiro atoms. The van der Waals surface area contributed by atoms with Crippen LogP contribution in [0.5, 0.6) is 0 Å². The predicted molar refractivity (Wildman–Crippen MR) is 62.3 cm³/mol. The Morgan fingerprint density at radius 2 is 2.25 bits per heavy atom. The maximum Gasteiger partial charge on any atom is 0.244 e. The predicted octanol–water partition coefficient (Wildman–Crippen LogP) is 1.81. The third kappa shape index (κ3) is 1.74. The molecule has 1 aliphatic rings. The number of amides is 1. The average molecular weight is 287 g/mol. The fourth-order valence-corrected chi connectivity index (χ4v) is 2.57. The number of halogens is 2. The van der Waals surface area contributed by atoms with Crippen molar-refractivity contribution < 1.29 is 9.18 Å². The van der Waals surface area contributed by atoms with Crippen molar-refractivity contribution in [1.82, 2.24) is 5.43 Å². The summed E-state index contributed by atoms with van der Waals surface area (Å²) in [6.07, 6.45) is -0.518. The summed E-state index contributed by atoms with van der Waals surface area (Å²) in [5.41, 5.74) is 2.14. The van der Waals surface area contributed by atoms with E-state index in [1.54, 1.807) is 0 Å². The van der Waals surface area contributed by atoms with E-state index in [1.165, 1.54) is 0 Å². The SMILES string of the molecule is NNC(=O)C1(c2cccc(Br)c2)CC(F)C1. The number of hydrogen-bond donors (Lipinski definition) is 2. The molecule has 0 bridgehead atoms. The first-order valence-corrected chi connectivity index (χ1v) is 5.79. The fourth-order valence-electron chi connectivity index (χ4n) is 2.17. The van der Waals surface area contributed by atoms with Gasteiger partial charge in [0.2, 0.25) is 5.91 Å². The van der Waals surface area contributed by atoms with Crippen LogP contribution in [0.1, 0.15) is 18.4 Å². The highest BCUT2D eigenvalue weighted by Gasteiger charge is 2.51. The Kier molecular flexibility index (Phi) is 2.99. The third-order valence-corrected chi connectivity index (χ3v) is 3.58. The van der Waals surface area contributed by atoms with Gasteiger partial charge in [-0.05, 0) is 30.5 Å². The second-order valence-corrected chi connectivity index (χ2v) is 4.99. The van der Waals surface area contributed by atoms with Gasteiger partial charge in [0, 0.05) is 4.47 Å². The molecule has 1 fully saturated rings. The van der Waals surface area contributed by atoms with Gasteiger partial charge in [0.1, 0.15) is 6.17 Å². The van der Waals surface area contributed by atoms with E-state index in [2.05, 4.69) is 21.4 Å². The first-order chi connectivity index (χ1) is 7.58. The lowest BCUT2D eigenvalue weighted by atomic mass is 9.63. The van der Waals surface area contributed by atoms with Gasteiger partial charge in [-0.15, -0.1) is 0 Å². The lowest BCUT2D eigenvalue weighted by molar-refractivity contribution is -0.132. The molecule has 5 heteroatoms. The summed E-state index contributed by atoms with van der Waals surface area (Å²) in [4.78, 5) is 11.8. The Bertz CT molecular complexity index is 418. The van der Waals surface area contributed by atoms with Crippen molar-refractivity contribution in [3.05, 3.63) is 34.3 Å². The van der Waals surface area contributed by atoms with E-state index in [-0.39, 0.29) is 18.7 Å². The second kappa shape index (κ2) is 4.14. The Labute approximate surface area is 101 Å². The van der Waals surface area contributed by atoms with Crippen LogP contribution in [0, 0.1) is 0 Å². The van der Waals surface area contributed by atoms with E-state index in [0.29, 0.717) is 0 Å².